The van der Waals surface area contributed by atoms with Crippen molar-refractivity contribution in [2.45, 2.75) is 0 Å². The number of aromatic nitrogens is 7. The Hall–Kier alpha value is -3.25. The summed E-state index contributed by atoms with van der Waals surface area (Å²) in [5.41, 5.74) is 0.821. The Labute approximate surface area is 175 Å². The first-order chi connectivity index (χ1) is 14.0. The number of hydrogen-bond acceptors (Lipinski definition) is 8. The van der Waals surface area contributed by atoms with Gasteiger partial charge in [-0.05, 0) is 48.4 Å². The van der Waals surface area contributed by atoms with E-state index in [1.165, 1.54) is 4.52 Å². The van der Waals surface area contributed by atoms with Crippen LogP contribution >= 0.6 is 31.9 Å². The summed E-state index contributed by atoms with van der Waals surface area (Å²) in [5, 5.41) is 27.6. The molecule has 5 aromatic rings. The average molecular weight is 515 g/mol. The largest absolute Gasteiger partial charge is 0.506 e. The predicted octanol–water partition coefficient (Wildman–Crippen LogP) is 1.42. The van der Waals surface area contributed by atoms with Gasteiger partial charge in [-0.2, -0.15) is 14.1 Å². The van der Waals surface area contributed by atoms with E-state index in [-0.39, 0.29) is 31.3 Å². The molecule has 0 saturated heterocycles. The molecule has 0 amide bonds. The van der Waals surface area contributed by atoms with Crippen molar-refractivity contribution in [2.24, 2.45) is 0 Å². The van der Waals surface area contributed by atoms with Crippen LogP contribution in [-0.4, -0.2) is 45.5 Å². The molecule has 0 atom stereocenters. The Morgan fingerprint density at radius 2 is 1.79 bits per heavy atom. The molecule has 10 nitrogen and oxygen atoms in total. The number of allylic oxidation sites excluding steroid dienone is 1. The number of tetrazole rings is 1. The van der Waals surface area contributed by atoms with E-state index < -0.39 is 11.3 Å². The van der Waals surface area contributed by atoms with E-state index in [9.17, 15) is 14.7 Å². The zero-order valence-corrected chi connectivity index (χ0v) is 17.1. The number of rotatable bonds is 0. The summed E-state index contributed by atoms with van der Waals surface area (Å²) < 4.78 is 2.75. The molecule has 0 unspecified atom stereocenters. The van der Waals surface area contributed by atoms with Gasteiger partial charge in [0.2, 0.25) is 5.78 Å². The Balaban J connectivity index is 1.95. The summed E-state index contributed by atoms with van der Waals surface area (Å²) in [6.45, 7) is 0. The molecule has 0 saturated carbocycles. The molecule has 140 valence electrons. The molecule has 12 heteroatoms. The van der Waals surface area contributed by atoms with Crippen LogP contribution in [0, 0.1) is 0 Å². The molecule has 6 rings (SSSR count). The minimum atomic E-state index is -0.668. The lowest BCUT2D eigenvalue weighted by Gasteiger charge is -2.10. The van der Waals surface area contributed by atoms with Gasteiger partial charge in [-0.25, -0.2) is 4.98 Å². The van der Waals surface area contributed by atoms with Crippen molar-refractivity contribution in [3.8, 4) is 0 Å². The van der Waals surface area contributed by atoms with Crippen LogP contribution in [0.4, 0.5) is 0 Å². The Morgan fingerprint density at radius 1 is 1.00 bits per heavy atom. The molecule has 1 N–H and O–H groups in total. The molecular weight excluding hydrogens is 510 g/mol. The van der Waals surface area contributed by atoms with Crippen molar-refractivity contribution in [1.82, 2.24) is 34.6 Å². The molecule has 1 aliphatic carbocycles. The second kappa shape index (κ2) is 5.42. The van der Waals surface area contributed by atoms with Crippen LogP contribution in [0.2, 0.25) is 0 Å². The monoisotopic (exact) mass is 513 g/mol. The molecule has 1 aliphatic rings. The number of Topliss-reactive ketones (excluding diaryl/α,β-unsaturated/α-hetero) is 1. The number of nitrogens with zero attached hydrogens (tertiary/aromatic N) is 7. The van der Waals surface area contributed by atoms with Crippen LogP contribution in [0.25, 0.3) is 38.9 Å². The van der Waals surface area contributed by atoms with Crippen LogP contribution in [0.5, 0.6) is 0 Å². The number of carbonyl (C=O) groups is 1. The second-order valence-electron chi connectivity index (χ2n) is 6.34. The lowest BCUT2D eigenvalue weighted by atomic mass is 10.1. The maximum atomic E-state index is 13.2. The van der Waals surface area contributed by atoms with Crippen LogP contribution in [0.3, 0.4) is 0 Å². The summed E-state index contributed by atoms with van der Waals surface area (Å²) in [6.07, 6.45) is 0. The fourth-order valence-electron chi connectivity index (χ4n) is 3.58. The first-order valence-corrected chi connectivity index (χ1v) is 9.76. The fourth-order valence-corrected chi connectivity index (χ4v) is 4.33. The third kappa shape index (κ3) is 1.92. The number of pyridine rings is 1. The number of aliphatic hydroxyl groups is 1. The molecule has 0 fully saturated rings. The highest BCUT2D eigenvalue weighted by Crippen LogP contribution is 2.31. The maximum Gasteiger partial charge on any atom is 0.286 e. The molecular formula is C17H5Br2N7O3. The fraction of sp³-hybridized carbons (Fsp3) is 0. The van der Waals surface area contributed by atoms with Crippen LogP contribution < -0.4 is 10.8 Å². The Morgan fingerprint density at radius 3 is 2.62 bits per heavy atom. The SMILES string of the molecule is O=C1C(Br)=C(Br)C(O)=c2c1nc1c3c(nn1c2=O)c1ccccc1n1nnnc31. The first-order valence-electron chi connectivity index (χ1n) is 8.18. The number of aliphatic hydroxyl groups excluding tert-OH is 1. The lowest BCUT2D eigenvalue weighted by molar-refractivity contribution is 0.103. The van der Waals surface area contributed by atoms with Crippen molar-refractivity contribution in [2.75, 3.05) is 0 Å². The molecule has 4 heterocycles. The van der Waals surface area contributed by atoms with E-state index >= 15 is 0 Å². The number of halogens is 2. The quantitative estimate of drug-likeness (QED) is 0.328. The van der Waals surface area contributed by atoms with Gasteiger partial charge in [0.25, 0.3) is 5.56 Å². The predicted molar refractivity (Wildman–Crippen MR) is 109 cm³/mol. The van der Waals surface area contributed by atoms with Crippen LogP contribution in [0.15, 0.2) is 38.0 Å². The van der Waals surface area contributed by atoms with Gasteiger partial charge in [-0.15, -0.1) is 5.10 Å². The average Bonchev–Trinajstić information content (AvgIpc) is 3.35. The number of fused-ring (bicyclic) bond motifs is 9. The molecule has 0 spiro atoms. The summed E-state index contributed by atoms with van der Waals surface area (Å²) in [4.78, 5) is 30.3. The highest BCUT2D eigenvalue weighted by atomic mass is 79.9. The van der Waals surface area contributed by atoms with E-state index in [0.717, 1.165) is 4.52 Å². The minimum absolute atomic E-state index is 0.0716. The van der Waals surface area contributed by atoms with E-state index in [1.807, 2.05) is 24.3 Å². The first kappa shape index (κ1) is 16.7. The third-order valence-electron chi connectivity index (χ3n) is 4.85. The van der Waals surface area contributed by atoms with E-state index in [1.54, 1.807) is 0 Å². The van der Waals surface area contributed by atoms with Gasteiger partial charge in [-0.3, -0.25) is 9.59 Å². The normalized spacial score (nSPS) is 14.7. The van der Waals surface area contributed by atoms with Gasteiger partial charge in [-0.1, -0.05) is 18.2 Å². The number of para-hydroxylation sites is 1. The van der Waals surface area contributed by atoms with Crippen molar-refractivity contribution < 1.29 is 9.90 Å². The summed E-state index contributed by atoms with van der Waals surface area (Å²) in [6, 6.07) is 7.34. The smallest absolute Gasteiger partial charge is 0.286 e. The molecule has 0 aliphatic heterocycles. The van der Waals surface area contributed by atoms with Gasteiger partial charge >= 0.3 is 0 Å². The molecule has 4 aromatic heterocycles. The number of hydrogen-bond donors (Lipinski definition) is 1. The van der Waals surface area contributed by atoms with Crippen molar-refractivity contribution in [1.29, 1.82) is 0 Å². The van der Waals surface area contributed by atoms with Gasteiger partial charge < -0.3 is 5.11 Å². The lowest BCUT2D eigenvalue weighted by Crippen LogP contribution is -2.41. The topological polar surface area (TPSA) is 128 Å². The summed E-state index contributed by atoms with van der Waals surface area (Å²) in [5.74, 6) is -0.917. The maximum absolute atomic E-state index is 13.2. The molecule has 1 aromatic carbocycles. The van der Waals surface area contributed by atoms with Gasteiger partial charge in [0, 0.05) is 5.39 Å². The van der Waals surface area contributed by atoms with Gasteiger partial charge in [0.15, 0.2) is 11.3 Å². The van der Waals surface area contributed by atoms with Crippen molar-refractivity contribution >= 4 is 76.5 Å². The highest BCUT2D eigenvalue weighted by Gasteiger charge is 2.30. The minimum Gasteiger partial charge on any atom is -0.506 e. The number of benzene rings is 1. The molecule has 29 heavy (non-hydrogen) atoms. The van der Waals surface area contributed by atoms with Gasteiger partial charge in [0.05, 0.1) is 19.9 Å². The van der Waals surface area contributed by atoms with E-state index in [4.69, 9.17) is 0 Å². The van der Waals surface area contributed by atoms with Gasteiger partial charge in [0.1, 0.15) is 22.2 Å². The van der Waals surface area contributed by atoms with Crippen molar-refractivity contribution in [3.63, 3.8) is 0 Å². The number of carbonyl (C=O) groups excluding carboxylic acids is 1. The van der Waals surface area contributed by atoms with Crippen LogP contribution in [0.1, 0.15) is 10.5 Å². The Bertz CT molecular complexity index is 1740. The third-order valence-corrected chi connectivity index (χ3v) is 6.91. The summed E-state index contributed by atoms with van der Waals surface area (Å²) in [7, 11) is 0. The van der Waals surface area contributed by atoms with Crippen LogP contribution in [-0.2, 0) is 0 Å². The van der Waals surface area contributed by atoms with E-state index in [0.29, 0.717) is 27.5 Å². The molecule has 0 radical (unpaired) electrons. The summed E-state index contributed by atoms with van der Waals surface area (Å²) >= 11 is 6.25. The zero-order valence-electron chi connectivity index (χ0n) is 14.0. The molecule has 0 bridgehead atoms. The van der Waals surface area contributed by atoms with E-state index in [2.05, 4.69) is 57.5 Å². The second-order valence-corrected chi connectivity index (χ2v) is 7.92. The highest BCUT2D eigenvalue weighted by molar-refractivity contribution is 9.14. The zero-order chi connectivity index (χ0) is 20.0. The number of ketones is 1. The van der Waals surface area contributed by atoms with Crippen molar-refractivity contribution in [3.05, 3.63) is 54.5 Å². The Kier molecular flexibility index (Phi) is 3.12. The standard InChI is InChI=1S/C17H5Br2N7O3/c18-9-10(19)14(28)12-7(13(9)27)17(29)26-15(20-12)8-11(22-26)5-3-1-2-4-6(5)25-16(8)21-23-24-25/h1-4,27H.